The largest absolute Gasteiger partial charge is 0.472 e. The van der Waals surface area contributed by atoms with E-state index < -0.39 is 7.82 Å². The number of aromatic nitrogens is 1. The molecule has 1 aromatic heterocycles. The number of unbranched alkanes of at least 4 members (excludes halogenated alkanes) is 2. The molecule has 1 aromatic rings. The lowest BCUT2D eigenvalue weighted by molar-refractivity contribution is 0.110. The number of hydrogen-bond acceptors (Lipinski definition) is 4. The molecule has 0 saturated heterocycles. The molecule has 6 heteroatoms. The Morgan fingerprint density at radius 2 is 1.30 bits per heavy atom. The maximum atomic E-state index is 11.9. The molecule has 5 nitrogen and oxygen atoms in total. The van der Waals surface area contributed by atoms with Gasteiger partial charge in [-0.2, -0.15) is 0 Å². The van der Waals surface area contributed by atoms with Crippen molar-refractivity contribution in [2.75, 3.05) is 13.2 Å². The van der Waals surface area contributed by atoms with Gasteiger partial charge in [-0.15, -0.1) is 0 Å². The van der Waals surface area contributed by atoms with Crippen LogP contribution in [0.2, 0.25) is 0 Å². The van der Waals surface area contributed by atoms with Gasteiger partial charge in [0.05, 0.1) is 13.2 Å². The average molecular weight is 402 g/mol. The Kier molecular flexibility index (Phi) is 16.9. The summed E-state index contributed by atoms with van der Waals surface area (Å²) in [6.07, 6.45) is 12.1. The summed E-state index contributed by atoms with van der Waals surface area (Å²) in [6.45, 7) is 9.10. The molecular weight excluding hydrogens is 361 g/mol. The van der Waals surface area contributed by atoms with Crippen molar-refractivity contribution in [1.82, 2.24) is 4.98 Å². The summed E-state index contributed by atoms with van der Waals surface area (Å²) in [5, 5.41) is 0. The van der Waals surface area contributed by atoms with Gasteiger partial charge >= 0.3 is 7.82 Å². The Hall–Kier alpha value is -0.740. The predicted molar refractivity (Wildman–Crippen MR) is 113 cm³/mol. The number of phosphoric acid groups is 1. The van der Waals surface area contributed by atoms with Gasteiger partial charge in [0.15, 0.2) is 0 Å². The molecule has 0 spiro atoms. The minimum atomic E-state index is -3.89. The van der Waals surface area contributed by atoms with Crippen molar-refractivity contribution in [3.63, 3.8) is 0 Å². The molecule has 1 heterocycles. The van der Waals surface area contributed by atoms with Crippen LogP contribution in [-0.4, -0.2) is 23.1 Å². The molecule has 2 unspecified atom stereocenters. The molecule has 0 aliphatic carbocycles. The fourth-order valence-electron chi connectivity index (χ4n) is 2.55. The number of pyridine rings is 1. The van der Waals surface area contributed by atoms with Gasteiger partial charge in [-0.3, -0.25) is 14.0 Å². The summed E-state index contributed by atoms with van der Waals surface area (Å²) in [7, 11) is -3.89. The molecule has 27 heavy (non-hydrogen) atoms. The quantitative estimate of drug-likeness (QED) is 0.354. The summed E-state index contributed by atoms with van der Waals surface area (Å²) >= 11 is 0. The Morgan fingerprint density at radius 1 is 0.852 bits per heavy atom. The highest BCUT2D eigenvalue weighted by molar-refractivity contribution is 7.47. The van der Waals surface area contributed by atoms with E-state index in [-0.39, 0.29) is 0 Å². The van der Waals surface area contributed by atoms with Gasteiger partial charge in [0.25, 0.3) is 0 Å². The van der Waals surface area contributed by atoms with Crippen molar-refractivity contribution in [3.8, 4) is 0 Å². The number of phosphoric ester groups is 1. The summed E-state index contributed by atoms with van der Waals surface area (Å²) in [4.78, 5) is 13.5. The van der Waals surface area contributed by atoms with Crippen LogP contribution >= 0.6 is 7.82 Å². The van der Waals surface area contributed by atoms with E-state index in [2.05, 4.69) is 32.7 Å². The van der Waals surface area contributed by atoms with Crippen molar-refractivity contribution in [2.24, 2.45) is 11.8 Å². The van der Waals surface area contributed by atoms with Crippen LogP contribution in [0.4, 0.5) is 0 Å². The van der Waals surface area contributed by atoms with Crippen LogP contribution < -0.4 is 0 Å². The monoisotopic (exact) mass is 401 g/mol. The molecule has 0 saturated carbocycles. The first kappa shape index (κ1) is 26.3. The molecule has 2 atom stereocenters. The lowest BCUT2D eigenvalue weighted by Crippen LogP contribution is -2.12. The van der Waals surface area contributed by atoms with Crippen molar-refractivity contribution >= 4 is 7.82 Å². The third-order valence-corrected chi connectivity index (χ3v) is 5.55. The lowest BCUT2D eigenvalue weighted by Gasteiger charge is -2.20. The van der Waals surface area contributed by atoms with Crippen molar-refractivity contribution < 1.29 is 18.5 Å². The Balaban J connectivity index is 0.000000941. The molecule has 0 bridgehead atoms. The van der Waals surface area contributed by atoms with E-state index in [1.165, 1.54) is 0 Å². The molecule has 0 radical (unpaired) electrons. The SMILES string of the molecule is CCCCC(CC)COP(=O)(O)OCC(CC)CCCC.c1ccncc1. The molecule has 1 rings (SSSR count). The first-order valence-corrected chi connectivity index (χ1v) is 11.9. The lowest BCUT2D eigenvalue weighted by atomic mass is 10.0. The van der Waals surface area contributed by atoms with E-state index in [0.29, 0.717) is 25.0 Å². The van der Waals surface area contributed by atoms with Crippen LogP contribution in [0.25, 0.3) is 0 Å². The smallest absolute Gasteiger partial charge is 0.302 e. The van der Waals surface area contributed by atoms with E-state index in [9.17, 15) is 9.46 Å². The minimum Gasteiger partial charge on any atom is -0.302 e. The van der Waals surface area contributed by atoms with Crippen molar-refractivity contribution in [1.29, 1.82) is 0 Å². The molecule has 0 aliphatic heterocycles. The fourth-order valence-corrected chi connectivity index (χ4v) is 3.42. The topological polar surface area (TPSA) is 68.7 Å². The van der Waals surface area contributed by atoms with Gasteiger partial charge < -0.3 is 4.89 Å². The normalized spacial score (nSPS) is 15.3. The molecule has 1 N–H and O–H groups in total. The number of rotatable bonds is 14. The third kappa shape index (κ3) is 16.0. The van der Waals surface area contributed by atoms with Gasteiger partial charge in [0, 0.05) is 12.4 Å². The third-order valence-electron chi connectivity index (χ3n) is 4.60. The van der Waals surface area contributed by atoms with Crippen LogP contribution in [0, 0.1) is 11.8 Å². The first-order chi connectivity index (χ1) is 13.0. The second kappa shape index (κ2) is 17.4. The maximum Gasteiger partial charge on any atom is 0.472 e. The van der Waals surface area contributed by atoms with Gasteiger partial charge in [-0.05, 0) is 36.8 Å². The van der Waals surface area contributed by atoms with E-state index in [1.54, 1.807) is 12.4 Å². The van der Waals surface area contributed by atoms with Crippen molar-refractivity contribution in [3.05, 3.63) is 30.6 Å². The molecule has 0 fully saturated rings. The van der Waals surface area contributed by atoms with Crippen LogP contribution in [0.1, 0.15) is 79.1 Å². The summed E-state index contributed by atoms with van der Waals surface area (Å²) < 4.78 is 22.2. The van der Waals surface area contributed by atoms with Crippen LogP contribution in [-0.2, 0) is 13.6 Å². The Bertz CT molecular complexity index is 422. The molecule has 0 amide bonds. The average Bonchev–Trinajstić information content (AvgIpc) is 2.70. The number of hydrogen-bond donors (Lipinski definition) is 1. The van der Waals surface area contributed by atoms with Gasteiger partial charge in [0.1, 0.15) is 0 Å². The van der Waals surface area contributed by atoms with Crippen LogP contribution in [0.5, 0.6) is 0 Å². The number of nitrogens with zero attached hydrogens (tertiary/aromatic N) is 1. The van der Waals surface area contributed by atoms with Gasteiger partial charge in [-0.25, -0.2) is 4.57 Å². The minimum absolute atomic E-state index is 0.316. The van der Waals surface area contributed by atoms with E-state index in [0.717, 1.165) is 51.4 Å². The summed E-state index contributed by atoms with van der Waals surface area (Å²) in [5.41, 5.74) is 0. The summed E-state index contributed by atoms with van der Waals surface area (Å²) in [6, 6.07) is 5.72. The standard InChI is InChI=1S/C16H35O4P.C5H5N/c1-5-9-11-15(7-3)13-19-21(17,18)20-14-16(8-4)12-10-6-2;1-2-4-6-5-3-1/h15-16H,5-14H2,1-4H3,(H,17,18);1-5H. The highest BCUT2D eigenvalue weighted by Crippen LogP contribution is 2.44. The van der Waals surface area contributed by atoms with Gasteiger partial charge in [0.2, 0.25) is 0 Å². The predicted octanol–water partition coefficient (Wildman–Crippen LogP) is 6.63. The van der Waals surface area contributed by atoms with E-state index >= 15 is 0 Å². The molecule has 0 aliphatic rings. The van der Waals surface area contributed by atoms with E-state index in [1.807, 2.05) is 18.2 Å². The Labute approximate surface area is 166 Å². The molecule has 0 aromatic carbocycles. The van der Waals surface area contributed by atoms with Crippen molar-refractivity contribution in [2.45, 2.75) is 79.1 Å². The zero-order valence-electron chi connectivity index (χ0n) is 17.7. The fraction of sp³-hybridized carbons (Fsp3) is 0.762. The molecule has 158 valence electrons. The zero-order valence-corrected chi connectivity index (χ0v) is 18.6. The van der Waals surface area contributed by atoms with Crippen LogP contribution in [0.15, 0.2) is 30.6 Å². The maximum absolute atomic E-state index is 11.9. The highest BCUT2D eigenvalue weighted by atomic mass is 31.2. The van der Waals surface area contributed by atoms with E-state index in [4.69, 9.17) is 9.05 Å². The van der Waals surface area contributed by atoms with Gasteiger partial charge in [-0.1, -0.05) is 72.3 Å². The molecular formula is C21H40NO4P. The highest BCUT2D eigenvalue weighted by Gasteiger charge is 2.24. The first-order valence-electron chi connectivity index (χ1n) is 10.5. The Morgan fingerprint density at radius 3 is 1.56 bits per heavy atom. The zero-order chi connectivity index (χ0) is 20.4. The summed E-state index contributed by atoms with van der Waals surface area (Å²) in [5.74, 6) is 0.687. The second-order valence-corrected chi connectivity index (χ2v) is 8.37. The van der Waals surface area contributed by atoms with Crippen LogP contribution in [0.3, 0.4) is 0 Å². The second-order valence-electron chi connectivity index (χ2n) is 6.92.